The first-order valence-electron chi connectivity index (χ1n) is 11.4. The lowest BCUT2D eigenvalue weighted by Gasteiger charge is -2.46. The van der Waals surface area contributed by atoms with Gasteiger partial charge in [0.1, 0.15) is 11.4 Å². The van der Waals surface area contributed by atoms with Gasteiger partial charge in [0.05, 0.1) is 31.7 Å². The fourth-order valence-corrected chi connectivity index (χ4v) is 6.11. The van der Waals surface area contributed by atoms with Crippen molar-refractivity contribution in [3.05, 3.63) is 29.3 Å². The number of fused-ring (bicyclic) bond motifs is 2. The Morgan fingerprint density at radius 1 is 1.13 bits per heavy atom. The van der Waals surface area contributed by atoms with E-state index in [-0.39, 0.29) is 29.8 Å². The summed E-state index contributed by atoms with van der Waals surface area (Å²) in [6.45, 7) is 2.01. The van der Waals surface area contributed by atoms with Gasteiger partial charge >= 0.3 is 5.97 Å². The topological polar surface area (TPSA) is 65.1 Å². The van der Waals surface area contributed by atoms with E-state index in [4.69, 9.17) is 14.2 Å². The number of methoxy groups -OCH3 is 1. The van der Waals surface area contributed by atoms with E-state index in [1.807, 2.05) is 11.0 Å². The average molecular weight is 414 g/mol. The van der Waals surface area contributed by atoms with Gasteiger partial charge in [-0.1, -0.05) is 12.5 Å². The normalized spacial score (nSPS) is 27.0. The highest BCUT2D eigenvalue weighted by atomic mass is 16.6. The third-order valence-electron chi connectivity index (χ3n) is 7.76. The summed E-state index contributed by atoms with van der Waals surface area (Å²) < 4.78 is 17.5. The van der Waals surface area contributed by atoms with Crippen molar-refractivity contribution < 1.29 is 23.8 Å². The second kappa shape index (κ2) is 7.56. The molecular formula is C24H31NO5. The Labute approximate surface area is 177 Å². The van der Waals surface area contributed by atoms with E-state index in [1.54, 1.807) is 7.11 Å². The zero-order chi connectivity index (χ0) is 20.8. The molecule has 1 aromatic rings. The Morgan fingerprint density at radius 2 is 1.90 bits per heavy atom. The van der Waals surface area contributed by atoms with Crippen molar-refractivity contribution in [3.63, 3.8) is 0 Å². The van der Waals surface area contributed by atoms with Gasteiger partial charge in [-0.2, -0.15) is 0 Å². The van der Waals surface area contributed by atoms with E-state index in [0.29, 0.717) is 19.7 Å². The smallest absolute Gasteiger partial charge is 0.307 e. The van der Waals surface area contributed by atoms with Crippen molar-refractivity contribution in [3.8, 4) is 5.75 Å². The predicted molar refractivity (Wildman–Crippen MR) is 110 cm³/mol. The predicted octanol–water partition coefficient (Wildman–Crippen LogP) is 3.35. The molecule has 1 saturated carbocycles. The van der Waals surface area contributed by atoms with Crippen LogP contribution in [0.25, 0.3) is 0 Å². The maximum Gasteiger partial charge on any atom is 0.307 e. The quantitative estimate of drug-likeness (QED) is 0.696. The molecular weight excluding hydrogens is 382 g/mol. The summed E-state index contributed by atoms with van der Waals surface area (Å²) in [5.41, 5.74) is 1.66. The summed E-state index contributed by atoms with van der Waals surface area (Å²) >= 11 is 0. The number of esters is 1. The van der Waals surface area contributed by atoms with Gasteiger partial charge in [0.25, 0.3) is 0 Å². The van der Waals surface area contributed by atoms with Gasteiger partial charge < -0.3 is 19.1 Å². The van der Waals surface area contributed by atoms with Crippen molar-refractivity contribution in [1.82, 2.24) is 4.90 Å². The number of piperidine rings is 1. The molecule has 1 unspecified atom stereocenters. The van der Waals surface area contributed by atoms with Crippen LogP contribution >= 0.6 is 0 Å². The fraction of sp³-hybridized carbons (Fsp3) is 0.667. The molecule has 4 aliphatic rings. The minimum absolute atomic E-state index is 0.100. The summed E-state index contributed by atoms with van der Waals surface area (Å²) in [4.78, 5) is 27.5. The van der Waals surface area contributed by atoms with Crippen LogP contribution in [0.1, 0.15) is 62.5 Å². The number of carbonyl (C=O) groups excluding carboxylic acids is 2. The monoisotopic (exact) mass is 413 g/mol. The third kappa shape index (κ3) is 3.20. The van der Waals surface area contributed by atoms with Crippen molar-refractivity contribution in [1.29, 1.82) is 0 Å². The highest BCUT2D eigenvalue weighted by Gasteiger charge is 2.54. The Kier molecular flexibility index (Phi) is 5.00. The van der Waals surface area contributed by atoms with E-state index in [2.05, 4.69) is 12.1 Å². The molecule has 1 atom stereocenters. The summed E-state index contributed by atoms with van der Waals surface area (Å²) in [6.07, 6.45) is 7.58. The Morgan fingerprint density at radius 3 is 2.63 bits per heavy atom. The molecule has 1 aromatic carbocycles. The SMILES string of the molecule is COc1ccc2c(c1)CCOC21CCN(C(=O)C2CC(=O)OC23CCCCC3)CC1. The number of amides is 1. The van der Waals surface area contributed by atoms with Crippen LogP contribution in [0.15, 0.2) is 18.2 Å². The Hall–Kier alpha value is -2.08. The molecule has 3 aliphatic heterocycles. The molecule has 162 valence electrons. The lowest BCUT2D eigenvalue weighted by molar-refractivity contribution is -0.158. The highest BCUT2D eigenvalue weighted by molar-refractivity contribution is 5.88. The summed E-state index contributed by atoms with van der Waals surface area (Å²) in [7, 11) is 1.69. The first kappa shape index (κ1) is 19.9. The standard InChI is InChI=1S/C24H31NO5/c1-28-18-5-6-19-17(15-18)7-14-29-23(19)10-12-25(13-11-23)22(27)20-16-21(26)30-24(20)8-3-2-4-9-24/h5-6,15,20H,2-4,7-14,16H2,1H3. The molecule has 3 fully saturated rings. The van der Waals surface area contributed by atoms with Gasteiger partial charge in [-0.25, -0.2) is 0 Å². The third-order valence-corrected chi connectivity index (χ3v) is 7.76. The van der Waals surface area contributed by atoms with Crippen molar-refractivity contribution >= 4 is 11.9 Å². The lowest BCUT2D eigenvalue weighted by atomic mass is 9.74. The number of ether oxygens (including phenoxy) is 3. The van der Waals surface area contributed by atoms with Crippen LogP contribution in [0.5, 0.6) is 5.75 Å². The molecule has 2 saturated heterocycles. The number of benzene rings is 1. The number of hydrogen-bond donors (Lipinski definition) is 0. The first-order valence-corrected chi connectivity index (χ1v) is 11.4. The maximum absolute atomic E-state index is 13.5. The van der Waals surface area contributed by atoms with Gasteiger partial charge in [-0.15, -0.1) is 0 Å². The van der Waals surface area contributed by atoms with Gasteiger partial charge in [0.15, 0.2) is 0 Å². The van der Waals surface area contributed by atoms with Crippen LogP contribution in [0.3, 0.4) is 0 Å². The van der Waals surface area contributed by atoms with E-state index in [0.717, 1.165) is 57.1 Å². The second-order valence-corrected chi connectivity index (χ2v) is 9.30. The van der Waals surface area contributed by atoms with Crippen LogP contribution in [0.4, 0.5) is 0 Å². The molecule has 6 nitrogen and oxygen atoms in total. The first-order chi connectivity index (χ1) is 14.6. The zero-order valence-corrected chi connectivity index (χ0v) is 17.8. The number of nitrogens with zero attached hydrogens (tertiary/aromatic N) is 1. The lowest BCUT2D eigenvalue weighted by Crippen LogP contribution is -2.52. The van der Waals surface area contributed by atoms with Gasteiger partial charge in [0.2, 0.25) is 5.91 Å². The number of hydrogen-bond acceptors (Lipinski definition) is 5. The molecule has 0 bridgehead atoms. The summed E-state index contributed by atoms with van der Waals surface area (Å²) in [5, 5.41) is 0. The fourth-order valence-electron chi connectivity index (χ4n) is 6.11. The van der Waals surface area contributed by atoms with Crippen LogP contribution in [0.2, 0.25) is 0 Å². The minimum atomic E-state index is -0.550. The van der Waals surface area contributed by atoms with Crippen molar-refractivity contribution in [2.75, 3.05) is 26.8 Å². The van der Waals surface area contributed by atoms with Gasteiger partial charge in [0, 0.05) is 13.1 Å². The van der Waals surface area contributed by atoms with Crippen LogP contribution in [0, 0.1) is 5.92 Å². The van der Waals surface area contributed by atoms with E-state index in [9.17, 15) is 9.59 Å². The van der Waals surface area contributed by atoms with Gasteiger partial charge in [-0.05, 0) is 68.2 Å². The largest absolute Gasteiger partial charge is 0.497 e. The molecule has 1 aliphatic carbocycles. The highest BCUT2D eigenvalue weighted by Crippen LogP contribution is 2.47. The van der Waals surface area contributed by atoms with E-state index >= 15 is 0 Å². The Balaban J connectivity index is 1.32. The molecule has 0 radical (unpaired) electrons. The zero-order valence-electron chi connectivity index (χ0n) is 17.8. The molecule has 3 heterocycles. The molecule has 0 aromatic heterocycles. The van der Waals surface area contributed by atoms with Crippen LogP contribution in [-0.2, 0) is 31.1 Å². The molecule has 30 heavy (non-hydrogen) atoms. The number of likely N-dealkylation sites (tertiary alicyclic amines) is 1. The molecule has 2 spiro atoms. The number of rotatable bonds is 2. The van der Waals surface area contributed by atoms with Gasteiger partial charge in [-0.3, -0.25) is 9.59 Å². The molecule has 5 rings (SSSR count). The van der Waals surface area contributed by atoms with Crippen molar-refractivity contribution in [2.45, 2.75) is 69.0 Å². The van der Waals surface area contributed by atoms with Crippen LogP contribution in [-0.4, -0.2) is 49.2 Å². The van der Waals surface area contributed by atoms with Crippen molar-refractivity contribution in [2.24, 2.45) is 5.92 Å². The summed E-state index contributed by atoms with van der Waals surface area (Å²) in [5.74, 6) is 0.454. The minimum Gasteiger partial charge on any atom is -0.497 e. The molecule has 1 amide bonds. The Bertz CT molecular complexity index is 836. The van der Waals surface area contributed by atoms with E-state index in [1.165, 1.54) is 11.1 Å². The molecule has 0 N–H and O–H groups in total. The maximum atomic E-state index is 13.5. The molecule has 6 heteroatoms. The summed E-state index contributed by atoms with van der Waals surface area (Å²) in [6, 6.07) is 6.25. The van der Waals surface area contributed by atoms with Crippen LogP contribution < -0.4 is 4.74 Å². The average Bonchev–Trinajstić information content (AvgIpc) is 3.09. The van der Waals surface area contributed by atoms with E-state index < -0.39 is 5.60 Å². The second-order valence-electron chi connectivity index (χ2n) is 9.30. The number of carbonyl (C=O) groups is 2.